The van der Waals surface area contributed by atoms with Crippen LogP contribution in [0.5, 0.6) is 5.75 Å². The van der Waals surface area contributed by atoms with Gasteiger partial charge >= 0.3 is 0 Å². The van der Waals surface area contributed by atoms with Crippen molar-refractivity contribution >= 4 is 17.3 Å². The molecule has 0 atom stereocenters. The summed E-state index contributed by atoms with van der Waals surface area (Å²) in [7, 11) is 1.63. The molecular formula is C14H14ClNO. The molecule has 0 aliphatic carbocycles. The molecule has 3 heteroatoms. The van der Waals surface area contributed by atoms with E-state index in [9.17, 15) is 0 Å². The molecule has 0 amide bonds. The van der Waals surface area contributed by atoms with Crippen molar-refractivity contribution in [1.82, 2.24) is 0 Å². The van der Waals surface area contributed by atoms with Gasteiger partial charge in [-0.25, -0.2) is 0 Å². The van der Waals surface area contributed by atoms with Crippen LogP contribution in [0.2, 0.25) is 5.02 Å². The Morgan fingerprint density at radius 3 is 2.59 bits per heavy atom. The molecule has 0 saturated heterocycles. The quantitative estimate of drug-likeness (QED) is 0.817. The first-order chi connectivity index (χ1) is 8.13. The third-order valence-electron chi connectivity index (χ3n) is 2.76. The van der Waals surface area contributed by atoms with E-state index in [4.69, 9.17) is 22.1 Å². The maximum Gasteiger partial charge on any atom is 0.128 e. The van der Waals surface area contributed by atoms with Gasteiger partial charge in [0.05, 0.1) is 12.1 Å². The number of hydrogen-bond donors (Lipinski definition) is 1. The van der Waals surface area contributed by atoms with Crippen LogP contribution in [0.4, 0.5) is 5.69 Å². The SMILES string of the molecule is COc1cccc(Cl)c1-c1ccc(C)c(N)c1. The van der Waals surface area contributed by atoms with Crippen LogP contribution in [-0.4, -0.2) is 7.11 Å². The number of nitrogen functional groups attached to an aromatic ring is 1. The highest BCUT2D eigenvalue weighted by atomic mass is 35.5. The Kier molecular flexibility index (Phi) is 3.25. The number of anilines is 1. The number of halogens is 1. The van der Waals surface area contributed by atoms with Crippen LogP contribution in [0.1, 0.15) is 5.56 Å². The molecule has 2 nitrogen and oxygen atoms in total. The van der Waals surface area contributed by atoms with E-state index >= 15 is 0 Å². The number of hydrogen-bond acceptors (Lipinski definition) is 2. The maximum absolute atomic E-state index is 6.21. The average Bonchev–Trinajstić information content (AvgIpc) is 2.32. The molecule has 2 aromatic carbocycles. The van der Waals surface area contributed by atoms with Crippen molar-refractivity contribution in [3.05, 3.63) is 47.0 Å². The fourth-order valence-corrected chi connectivity index (χ4v) is 2.03. The lowest BCUT2D eigenvalue weighted by molar-refractivity contribution is 0.416. The number of benzene rings is 2. The van der Waals surface area contributed by atoms with E-state index in [-0.39, 0.29) is 0 Å². The van der Waals surface area contributed by atoms with Gasteiger partial charge in [0.2, 0.25) is 0 Å². The standard InChI is InChI=1S/C14H14ClNO/c1-9-6-7-10(8-12(9)16)14-11(15)4-3-5-13(14)17-2/h3-8H,16H2,1-2H3. The maximum atomic E-state index is 6.21. The summed E-state index contributed by atoms with van der Waals surface area (Å²) in [4.78, 5) is 0. The number of methoxy groups -OCH3 is 1. The molecule has 0 saturated carbocycles. The minimum absolute atomic E-state index is 0.660. The minimum Gasteiger partial charge on any atom is -0.496 e. The van der Waals surface area contributed by atoms with Crippen molar-refractivity contribution in [3.8, 4) is 16.9 Å². The summed E-state index contributed by atoms with van der Waals surface area (Å²) in [6, 6.07) is 11.5. The lowest BCUT2D eigenvalue weighted by atomic mass is 10.0. The van der Waals surface area contributed by atoms with Gasteiger partial charge in [0, 0.05) is 11.3 Å². The van der Waals surface area contributed by atoms with Gasteiger partial charge in [-0.05, 0) is 36.2 Å². The molecule has 0 heterocycles. The van der Waals surface area contributed by atoms with E-state index < -0.39 is 0 Å². The molecule has 17 heavy (non-hydrogen) atoms. The van der Waals surface area contributed by atoms with Gasteiger partial charge in [-0.1, -0.05) is 29.8 Å². The zero-order valence-electron chi connectivity index (χ0n) is 9.83. The predicted molar refractivity (Wildman–Crippen MR) is 72.6 cm³/mol. The Hall–Kier alpha value is -1.67. The Balaban J connectivity index is 2.63. The summed E-state index contributed by atoms with van der Waals surface area (Å²) in [6.45, 7) is 1.98. The molecule has 0 aliphatic rings. The van der Waals surface area contributed by atoms with Gasteiger partial charge in [0.15, 0.2) is 0 Å². The third kappa shape index (κ3) is 2.22. The van der Waals surface area contributed by atoms with Gasteiger partial charge < -0.3 is 10.5 Å². The molecule has 88 valence electrons. The predicted octanol–water partition coefficient (Wildman–Crippen LogP) is 3.91. The molecule has 2 N–H and O–H groups in total. The Morgan fingerprint density at radius 1 is 1.18 bits per heavy atom. The van der Waals surface area contributed by atoms with Crippen LogP contribution in [-0.2, 0) is 0 Å². The van der Waals surface area contributed by atoms with Crippen molar-refractivity contribution in [2.45, 2.75) is 6.92 Å². The van der Waals surface area contributed by atoms with E-state index in [1.165, 1.54) is 0 Å². The van der Waals surface area contributed by atoms with Crippen molar-refractivity contribution in [2.24, 2.45) is 0 Å². The smallest absolute Gasteiger partial charge is 0.128 e. The van der Waals surface area contributed by atoms with E-state index in [0.29, 0.717) is 5.02 Å². The average molecular weight is 248 g/mol. The van der Waals surface area contributed by atoms with Crippen molar-refractivity contribution in [1.29, 1.82) is 0 Å². The van der Waals surface area contributed by atoms with Gasteiger partial charge in [-0.3, -0.25) is 0 Å². The van der Waals surface area contributed by atoms with Crippen molar-refractivity contribution < 1.29 is 4.74 Å². The molecule has 2 rings (SSSR count). The number of nitrogens with two attached hydrogens (primary N) is 1. The second kappa shape index (κ2) is 4.68. The van der Waals surface area contributed by atoms with Crippen LogP contribution >= 0.6 is 11.6 Å². The summed E-state index contributed by atoms with van der Waals surface area (Å²) in [5, 5.41) is 0.660. The van der Waals surface area contributed by atoms with Crippen LogP contribution in [0.15, 0.2) is 36.4 Å². The third-order valence-corrected chi connectivity index (χ3v) is 3.08. The van der Waals surface area contributed by atoms with E-state index in [1.807, 2.05) is 43.3 Å². The zero-order chi connectivity index (χ0) is 12.4. The fraction of sp³-hybridized carbons (Fsp3) is 0.143. The molecule has 0 fully saturated rings. The number of aryl methyl sites for hydroxylation is 1. The molecule has 0 aromatic heterocycles. The molecule has 0 aliphatic heterocycles. The molecular weight excluding hydrogens is 234 g/mol. The van der Waals surface area contributed by atoms with Gasteiger partial charge in [0.25, 0.3) is 0 Å². The number of rotatable bonds is 2. The monoisotopic (exact) mass is 247 g/mol. The van der Waals surface area contributed by atoms with Gasteiger partial charge in [0.1, 0.15) is 5.75 Å². The molecule has 0 unspecified atom stereocenters. The molecule has 0 radical (unpaired) electrons. The van der Waals surface area contributed by atoms with E-state index in [1.54, 1.807) is 7.11 Å². The molecule has 0 bridgehead atoms. The summed E-state index contributed by atoms with van der Waals surface area (Å²) in [6.07, 6.45) is 0. The molecule has 0 spiro atoms. The lowest BCUT2D eigenvalue weighted by Crippen LogP contribution is -1.92. The highest BCUT2D eigenvalue weighted by Crippen LogP contribution is 2.37. The number of ether oxygens (including phenoxy) is 1. The second-order valence-corrected chi connectivity index (χ2v) is 4.30. The largest absolute Gasteiger partial charge is 0.496 e. The van der Waals surface area contributed by atoms with Crippen LogP contribution in [0.25, 0.3) is 11.1 Å². The second-order valence-electron chi connectivity index (χ2n) is 3.89. The van der Waals surface area contributed by atoms with Crippen LogP contribution < -0.4 is 10.5 Å². The first-order valence-electron chi connectivity index (χ1n) is 5.32. The van der Waals surface area contributed by atoms with Crippen LogP contribution in [0, 0.1) is 6.92 Å². The highest BCUT2D eigenvalue weighted by molar-refractivity contribution is 6.33. The Morgan fingerprint density at radius 2 is 1.94 bits per heavy atom. The topological polar surface area (TPSA) is 35.2 Å². The lowest BCUT2D eigenvalue weighted by Gasteiger charge is -2.11. The zero-order valence-corrected chi connectivity index (χ0v) is 10.6. The summed E-state index contributed by atoms with van der Waals surface area (Å²) in [5.74, 6) is 0.751. The highest BCUT2D eigenvalue weighted by Gasteiger charge is 2.10. The summed E-state index contributed by atoms with van der Waals surface area (Å²) in [5.41, 5.74) is 9.57. The van der Waals surface area contributed by atoms with Crippen molar-refractivity contribution in [3.63, 3.8) is 0 Å². The van der Waals surface area contributed by atoms with Crippen molar-refractivity contribution in [2.75, 3.05) is 12.8 Å². The summed E-state index contributed by atoms with van der Waals surface area (Å²) >= 11 is 6.21. The fourth-order valence-electron chi connectivity index (χ4n) is 1.75. The summed E-state index contributed by atoms with van der Waals surface area (Å²) < 4.78 is 5.33. The Labute approximate surface area is 106 Å². The minimum atomic E-state index is 0.660. The first kappa shape index (κ1) is 11.8. The first-order valence-corrected chi connectivity index (χ1v) is 5.70. The van der Waals surface area contributed by atoms with Gasteiger partial charge in [-0.15, -0.1) is 0 Å². The van der Waals surface area contributed by atoms with Gasteiger partial charge in [-0.2, -0.15) is 0 Å². The Bertz CT molecular complexity index is 552. The van der Waals surface area contributed by atoms with E-state index in [0.717, 1.165) is 28.1 Å². The molecule has 2 aromatic rings. The normalized spacial score (nSPS) is 10.3. The van der Waals surface area contributed by atoms with Crippen LogP contribution in [0.3, 0.4) is 0 Å². The van der Waals surface area contributed by atoms with E-state index in [2.05, 4.69) is 0 Å².